The molecule has 0 saturated heterocycles. The molecule has 0 aliphatic rings. The van der Waals surface area contributed by atoms with Gasteiger partial charge in [0, 0.05) is 11.9 Å². The Morgan fingerprint density at radius 2 is 1.77 bits per heavy atom. The largest absolute Gasteiger partial charge is 0.455 e. The molecule has 0 amide bonds. The summed E-state index contributed by atoms with van der Waals surface area (Å²) in [5.74, 6) is -0.415. The van der Waals surface area contributed by atoms with Gasteiger partial charge < -0.3 is 4.74 Å². The molecule has 3 aromatic rings. The average molecular weight is 293 g/mol. The van der Waals surface area contributed by atoms with Crippen LogP contribution in [0.2, 0.25) is 0 Å². The van der Waals surface area contributed by atoms with Gasteiger partial charge in [0.2, 0.25) is 0 Å². The number of pyridine rings is 1. The standard InChI is InChI=1S/C17H15N3O2/c1-11-7-8-13(9-18-11)17(21)22-10-16-12(2)19-14-5-3-4-6-15(14)20-16/h3-9H,10H2,1-2H3. The van der Waals surface area contributed by atoms with Gasteiger partial charge in [-0.2, -0.15) is 0 Å². The highest BCUT2D eigenvalue weighted by Gasteiger charge is 2.11. The quantitative estimate of drug-likeness (QED) is 0.694. The molecular formula is C17H15N3O2. The lowest BCUT2D eigenvalue weighted by molar-refractivity contribution is 0.0466. The Labute approximate surface area is 128 Å². The predicted molar refractivity (Wildman–Crippen MR) is 82.4 cm³/mol. The van der Waals surface area contributed by atoms with Crippen LogP contribution in [0, 0.1) is 13.8 Å². The molecule has 0 fully saturated rings. The van der Waals surface area contributed by atoms with Gasteiger partial charge in [-0.05, 0) is 38.1 Å². The highest BCUT2D eigenvalue weighted by molar-refractivity contribution is 5.89. The molecule has 0 radical (unpaired) electrons. The molecule has 0 unspecified atom stereocenters. The molecule has 3 rings (SSSR count). The van der Waals surface area contributed by atoms with E-state index in [9.17, 15) is 4.79 Å². The third kappa shape index (κ3) is 2.93. The zero-order chi connectivity index (χ0) is 15.5. The van der Waals surface area contributed by atoms with Crippen molar-refractivity contribution in [3.8, 4) is 0 Å². The number of hydrogen-bond acceptors (Lipinski definition) is 5. The maximum atomic E-state index is 12.0. The van der Waals surface area contributed by atoms with E-state index >= 15 is 0 Å². The van der Waals surface area contributed by atoms with Gasteiger partial charge in [0.25, 0.3) is 0 Å². The number of para-hydroxylation sites is 2. The third-order valence-corrected chi connectivity index (χ3v) is 3.33. The lowest BCUT2D eigenvalue weighted by atomic mass is 10.2. The van der Waals surface area contributed by atoms with Gasteiger partial charge in [0.15, 0.2) is 0 Å². The summed E-state index contributed by atoms with van der Waals surface area (Å²) in [7, 11) is 0. The van der Waals surface area contributed by atoms with E-state index < -0.39 is 5.97 Å². The molecular weight excluding hydrogens is 278 g/mol. The number of ether oxygens (including phenoxy) is 1. The highest BCUT2D eigenvalue weighted by Crippen LogP contribution is 2.13. The number of aryl methyl sites for hydroxylation is 2. The van der Waals surface area contributed by atoms with Crippen LogP contribution < -0.4 is 0 Å². The Hall–Kier alpha value is -2.82. The van der Waals surface area contributed by atoms with Crippen LogP contribution >= 0.6 is 0 Å². The minimum Gasteiger partial charge on any atom is -0.455 e. The maximum absolute atomic E-state index is 12.0. The summed E-state index contributed by atoms with van der Waals surface area (Å²) in [5, 5.41) is 0. The van der Waals surface area contributed by atoms with E-state index in [1.165, 1.54) is 6.20 Å². The van der Waals surface area contributed by atoms with Crippen molar-refractivity contribution in [1.29, 1.82) is 0 Å². The van der Waals surface area contributed by atoms with Crippen molar-refractivity contribution in [2.24, 2.45) is 0 Å². The van der Waals surface area contributed by atoms with Crippen molar-refractivity contribution >= 4 is 17.0 Å². The first-order chi connectivity index (χ1) is 10.6. The number of esters is 1. The molecule has 0 atom stereocenters. The Morgan fingerprint density at radius 3 is 2.45 bits per heavy atom. The van der Waals surface area contributed by atoms with Crippen LogP contribution in [-0.4, -0.2) is 20.9 Å². The van der Waals surface area contributed by atoms with Crippen LogP contribution in [0.5, 0.6) is 0 Å². The van der Waals surface area contributed by atoms with Crippen LogP contribution in [0.1, 0.15) is 27.4 Å². The lowest BCUT2D eigenvalue weighted by Crippen LogP contribution is -2.08. The van der Waals surface area contributed by atoms with E-state index in [-0.39, 0.29) is 6.61 Å². The van der Waals surface area contributed by atoms with E-state index in [4.69, 9.17) is 4.74 Å². The SMILES string of the molecule is Cc1ccc(C(=O)OCc2nc3ccccc3nc2C)cn1. The predicted octanol–water partition coefficient (Wildman–Crippen LogP) is 3.00. The van der Waals surface area contributed by atoms with Crippen LogP contribution in [-0.2, 0) is 11.3 Å². The topological polar surface area (TPSA) is 65.0 Å². The van der Waals surface area contributed by atoms with Gasteiger partial charge in [0.05, 0.1) is 28.0 Å². The molecule has 0 saturated carbocycles. The number of carbonyl (C=O) groups excluding carboxylic acids is 1. The fraction of sp³-hybridized carbons (Fsp3) is 0.176. The molecule has 5 heteroatoms. The Morgan fingerprint density at radius 1 is 1.05 bits per heavy atom. The zero-order valence-corrected chi connectivity index (χ0v) is 12.4. The molecule has 0 bridgehead atoms. The minimum atomic E-state index is -0.415. The van der Waals surface area contributed by atoms with Gasteiger partial charge in [0.1, 0.15) is 6.61 Å². The first-order valence-corrected chi connectivity index (χ1v) is 6.95. The second-order valence-corrected chi connectivity index (χ2v) is 5.01. The van der Waals surface area contributed by atoms with Gasteiger partial charge in [-0.15, -0.1) is 0 Å². The van der Waals surface area contributed by atoms with Gasteiger partial charge in [-0.3, -0.25) is 4.98 Å². The zero-order valence-electron chi connectivity index (χ0n) is 12.4. The van der Waals surface area contributed by atoms with Gasteiger partial charge >= 0.3 is 5.97 Å². The third-order valence-electron chi connectivity index (χ3n) is 3.33. The number of rotatable bonds is 3. The summed E-state index contributed by atoms with van der Waals surface area (Å²) in [6, 6.07) is 11.1. The van der Waals surface area contributed by atoms with Crippen LogP contribution in [0.25, 0.3) is 11.0 Å². The molecule has 0 aliphatic heterocycles. The summed E-state index contributed by atoms with van der Waals surface area (Å²) in [6.45, 7) is 3.82. The van der Waals surface area contributed by atoms with Crippen LogP contribution in [0.3, 0.4) is 0 Å². The smallest absolute Gasteiger partial charge is 0.340 e. The summed E-state index contributed by atoms with van der Waals surface area (Å²) in [4.78, 5) is 25.0. The number of carbonyl (C=O) groups is 1. The van der Waals surface area contributed by atoms with Crippen molar-refractivity contribution in [2.75, 3.05) is 0 Å². The van der Waals surface area contributed by atoms with E-state index in [2.05, 4.69) is 15.0 Å². The van der Waals surface area contributed by atoms with Gasteiger partial charge in [-0.25, -0.2) is 14.8 Å². The van der Waals surface area contributed by atoms with E-state index in [1.54, 1.807) is 12.1 Å². The van der Waals surface area contributed by atoms with Crippen molar-refractivity contribution in [3.05, 3.63) is 65.2 Å². The average Bonchev–Trinajstić information content (AvgIpc) is 2.53. The number of aromatic nitrogens is 3. The van der Waals surface area contributed by atoms with E-state index in [0.717, 1.165) is 22.4 Å². The molecule has 0 aliphatic carbocycles. The molecule has 2 aromatic heterocycles. The second kappa shape index (κ2) is 5.89. The molecule has 1 aromatic carbocycles. The number of fused-ring (bicyclic) bond motifs is 1. The first-order valence-electron chi connectivity index (χ1n) is 6.95. The maximum Gasteiger partial charge on any atom is 0.340 e. The Kier molecular flexibility index (Phi) is 3.78. The number of nitrogens with zero attached hydrogens (tertiary/aromatic N) is 3. The molecule has 110 valence electrons. The number of hydrogen-bond donors (Lipinski definition) is 0. The molecule has 0 N–H and O–H groups in total. The molecule has 2 heterocycles. The molecule has 22 heavy (non-hydrogen) atoms. The van der Waals surface area contributed by atoms with Crippen LogP contribution in [0.4, 0.5) is 0 Å². The first kappa shape index (κ1) is 14.1. The summed E-state index contributed by atoms with van der Waals surface area (Å²) in [5.41, 5.74) is 4.32. The normalized spacial score (nSPS) is 10.6. The van der Waals surface area contributed by atoms with Gasteiger partial charge in [-0.1, -0.05) is 12.1 Å². The van der Waals surface area contributed by atoms with Crippen molar-refractivity contribution in [1.82, 2.24) is 15.0 Å². The Bertz CT molecular complexity index is 829. The van der Waals surface area contributed by atoms with Crippen molar-refractivity contribution in [3.63, 3.8) is 0 Å². The van der Waals surface area contributed by atoms with Crippen LogP contribution in [0.15, 0.2) is 42.6 Å². The Balaban J connectivity index is 1.77. The summed E-state index contributed by atoms with van der Waals surface area (Å²) < 4.78 is 5.30. The highest BCUT2D eigenvalue weighted by atomic mass is 16.5. The lowest BCUT2D eigenvalue weighted by Gasteiger charge is -2.08. The van der Waals surface area contributed by atoms with E-state index in [0.29, 0.717) is 11.3 Å². The van der Waals surface area contributed by atoms with E-state index in [1.807, 2.05) is 38.1 Å². The molecule has 0 spiro atoms. The second-order valence-electron chi connectivity index (χ2n) is 5.01. The summed E-state index contributed by atoms with van der Waals surface area (Å²) >= 11 is 0. The summed E-state index contributed by atoms with van der Waals surface area (Å²) in [6.07, 6.45) is 1.51. The fourth-order valence-electron chi connectivity index (χ4n) is 2.07. The number of benzene rings is 1. The molecule has 5 nitrogen and oxygen atoms in total. The minimum absolute atomic E-state index is 0.0936. The van der Waals surface area contributed by atoms with Crippen molar-refractivity contribution < 1.29 is 9.53 Å². The van der Waals surface area contributed by atoms with Crippen molar-refractivity contribution in [2.45, 2.75) is 20.5 Å². The monoisotopic (exact) mass is 293 g/mol. The fourth-order valence-corrected chi connectivity index (χ4v) is 2.07.